The number of hydrazine groups is 1. The van der Waals surface area contributed by atoms with E-state index in [4.69, 9.17) is 22.2 Å². The van der Waals surface area contributed by atoms with Crippen molar-refractivity contribution in [3.05, 3.63) is 63.1 Å². The third-order valence-corrected chi connectivity index (χ3v) is 3.93. The zero-order valence-electron chi connectivity index (χ0n) is 10.4. The summed E-state index contributed by atoms with van der Waals surface area (Å²) < 4.78 is 6.23. The Morgan fingerprint density at radius 3 is 2.63 bits per heavy atom. The first kappa shape index (κ1) is 14.3. The molecule has 3 nitrogen and oxygen atoms in total. The zero-order chi connectivity index (χ0) is 13.8. The summed E-state index contributed by atoms with van der Waals surface area (Å²) in [6, 6.07) is 13.4. The van der Waals surface area contributed by atoms with E-state index in [1.165, 1.54) is 0 Å². The molecule has 2 rings (SSSR count). The summed E-state index contributed by atoms with van der Waals surface area (Å²) in [6.07, 6.45) is 0. The minimum absolute atomic E-state index is 0.137. The molecule has 0 aliphatic rings. The molecule has 0 fully saturated rings. The third-order valence-electron chi connectivity index (χ3n) is 2.89. The van der Waals surface area contributed by atoms with Crippen molar-refractivity contribution in [3.63, 3.8) is 0 Å². The smallest absolute Gasteiger partial charge is 0.137 e. The predicted molar refractivity (Wildman–Crippen MR) is 81.3 cm³/mol. The fourth-order valence-electron chi connectivity index (χ4n) is 1.93. The van der Waals surface area contributed by atoms with Crippen LogP contribution in [-0.4, -0.2) is 7.11 Å². The summed E-state index contributed by atoms with van der Waals surface area (Å²) in [5.41, 5.74) is 4.85. The summed E-state index contributed by atoms with van der Waals surface area (Å²) >= 11 is 9.57. The summed E-state index contributed by atoms with van der Waals surface area (Å²) in [6.45, 7) is 0. The van der Waals surface area contributed by atoms with Gasteiger partial charge in [-0.1, -0.05) is 51.8 Å². The van der Waals surface area contributed by atoms with Gasteiger partial charge in [-0.15, -0.1) is 0 Å². The Bertz CT molecular complexity index is 577. The molecule has 5 heteroatoms. The Balaban J connectivity index is 2.45. The van der Waals surface area contributed by atoms with Crippen LogP contribution >= 0.6 is 27.5 Å². The van der Waals surface area contributed by atoms with Crippen molar-refractivity contribution in [3.8, 4) is 5.75 Å². The van der Waals surface area contributed by atoms with Gasteiger partial charge in [-0.2, -0.15) is 0 Å². The second-order valence-corrected chi connectivity index (χ2v) is 5.28. The highest BCUT2D eigenvalue weighted by molar-refractivity contribution is 9.10. The number of halogens is 2. The van der Waals surface area contributed by atoms with Crippen molar-refractivity contribution < 1.29 is 4.74 Å². The monoisotopic (exact) mass is 340 g/mol. The Labute approximate surface area is 125 Å². The lowest BCUT2D eigenvalue weighted by Crippen LogP contribution is -2.29. The molecule has 0 aliphatic carbocycles. The van der Waals surface area contributed by atoms with Crippen LogP contribution in [0.2, 0.25) is 5.02 Å². The number of nitrogens with one attached hydrogen (secondary N) is 1. The fraction of sp³-hybridized carbons (Fsp3) is 0.143. The largest absolute Gasteiger partial charge is 0.495 e. The van der Waals surface area contributed by atoms with E-state index in [0.717, 1.165) is 15.6 Å². The molecule has 2 aromatic rings. The highest BCUT2D eigenvalue weighted by Crippen LogP contribution is 2.32. The Hall–Kier alpha value is -1.07. The average molecular weight is 342 g/mol. The van der Waals surface area contributed by atoms with Crippen LogP contribution < -0.4 is 16.0 Å². The first-order chi connectivity index (χ1) is 9.17. The van der Waals surface area contributed by atoms with Crippen LogP contribution in [0.1, 0.15) is 17.2 Å². The van der Waals surface area contributed by atoms with E-state index >= 15 is 0 Å². The Morgan fingerprint density at radius 2 is 2.00 bits per heavy atom. The first-order valence-corrected chi connectivity index (χ1v) is 6.88. The topological polar surface area (TPSA) is 47.3 Å². The van der Waals surface area contributed by atoms with Crippen LogP contribution in [-0.2, 0) is 0 Å². The molecule has 0 bridgehead atoms. The van der Waals surface area contributed by atoms with Gasteiger partial charge in [-0.25, -0.2) is 5.43 Å². The van der Waals surface area contributed by atoms with Crippen molar-refractivity contribution in [2.45, 2.75) is 6.04 Å². The van der Waals surface area contributed by atoms with Crippen LogP contribution in [0, 0.1) is 0 Å². The zero-order valence-corrected chi connectivity index (χ0v) is 12.7. The molecule has 0 saturated carbocycles. The van der Waals surface area contributed by atoms with Crippen LogP contribution in [0.5, 0.6) is 5.75 Å². The van der Waals surface area contributed by atoms with Gasteiger partial charge in [0.05, 0.1) is 18.2 Å². The van der Waals surface area contributed by atoms with Gasteiger partial charge < -0.3 is 4.74 Å². The maximum Gasteiger partial charge on any atom is 0.137 e. The van der Waals surface area contributed by atoms with E-state index in [2.05, 4.69) is 21.4 Å². The van der Waals surface area contributed by atoms with E-state index in [9.17, 15) is 0 Å². The van der Waals surface area contributed by atoms with E-state index in [1.807, 2.05) is 36.4 Å². The summed E-state index contributed by atoms with van der Waals surface area (Å²) in [5.74, 6) is 6.32. The Morgan fingerprint density at radius 1 is 1.26 bits per heavy atom. The maximum atomic E-state index is 6.04. The average Bonchev–Trinajstić information content (AvgIpc) is 2.43. The lowest BCUT2D eigenvalue weighted by atomic mass is 9.99. The molecule has 100 valence electrons. The quantitative estimate of drug-likeness (QED) is 0.659. The van der Waals surface area contributed by atoms with Gasteiger partial charge in [0.2, 0.25) is 0 Å². The number of hydrogen-bond acceptors (Lipinski definition) is 3. The summed E-state index contributed by atoms with van der Waals surface area (Å²) in [5, 5.41) is 0.578. The van der Waals surface area contributed by atoms with Crippen molar-refractivity contribution in [1.82, 2.24) is 5.43 Å². The van der Waals surface area contributed by atoms with Crippen LogP contribution in [0.15, 0.2) is 46.9 Å². The molecule has 1 unspecified atom stereocenters. The number of methoxy groups -OCH3 is 1. The summed E-state index contributed by atoms with van der Waals surface area (Å²) in [4.78, 5) is 0. The normalized spacial score (nSPS) is 12.2. The Kier molecular flexibility index (Phi) is 4.82. The fourth-order valence-corrected chi connectivity index (χ4v) is 2.64. The standard InChI is InChI=1S/C14H14BrClN2O/c1-19-13-8-9(6-7-12(13)16)14(18-17)10-4-2-3-5-11(10)15/h2-8,14,18H,17H2,1H3. The van der Waals surface area contributed by atoms with Crippen LogP contribution in [0.4, 0.5) is 0 Å². The van der Waals surface area contributed by atoms with Gasteiger partial charge in [-0.05, 0) is 29.3 Å². The van der Waals surface area contributed by atoms with E-state index < -0.39 is 0 Å². The second-order valence-electron chi connectivity index (χ2n) is 4.02. The van der Waals surface area contributed by atoms with Gasteiger partial charge in [-0.3, -0.25) is 5.84 Å². The molecular formula is C14H14BrClN2O. The second kappa shape index (κ2) is 6.39. The van der Waals surface area contributed by atoms with Gasteiger partial charge in [0.15, 0.2) is 0 Å². The molecule has 1 atom stereocenters. The number of hydrogen-bond donors (Lipinski definition) is 2. The molecule has 19 heavy (non-hydrogen) atoms. The van der Waals surface area contributed by atoms with Gasteiger partial charge in [0.1, 0.15) is 5.75 Å². The van der Waals surface area contributed by atoms with Crippen molar-refractivity contribution in [2.75, 3.05) is 7.11 Å². The molecule has 0 amide bonds. The highest BCUT2D eigenvalue weighted by Gasteiger charge is 2.16. The van der Waals surface area contributed by atoms with Gasteiger partial charge in [0, 0.05) is 4.47 Å². The van der Waals surface area contributed by atoms with E-state index in [0.29, 0.717) is 10.8 Å². The van der Waals surface area contributed by atoms with Crippen LogP contribution in [0.3, 0.4) is 0 Å². The lowest BCUT2D eigenvalue weighted by Gasteiger charge is -2.19. The minimum Gasteiger partial charge on any atom is -0.495 e. The molecule has 0 radical (unpaired) electrons. The molecule has 0 aliphatic heterocycles. The van der Waals surface area contributed by atoms with E-state index in [1.54, 1.807) is 13.2 Å². The number of ether oxygens (including phenoxy) is 1. The number of benzene rings is 2. The molecular weight excluding hydrogens is 328 g/mol. The van der Waals surface area contributed by atoms with E-state index in [-0.39, 0.29) is 6.04 Å². The lowest BCUT2D eigenvalue weighted by molar-refractivity contribution is 0.414. The number of nitrogens with two attached hydrogens (primary N) is 1. The molecule has 0 spiro atoms. The first-order valence-electron chi connectivity index (χ1n) is 5.71. The van der Waals surface area contributed by atoms with Crippen molar-refractivity contribution in [1.29, 1.82) is 0 Å². The number of rotatable bonds is 4. The van der Waals surface area contributed by atoms with Crippen molar-refractivity contribution >= 4 is 27.5 Å². The van der Waals surface area contributed by atoms with Crippen molar-refractivity contribution in [2.24, 2.45) is 5.84 Å². The molecule has 3 N–H and O–H groups in total. The van der Waals surface area contributed by atoms with Gasteiger partial charge in [0.25, 0.3) is 0 Å². The predicted octanol–water partition coefficient (Wildman–Crippen LogP) is 3.66. The highest BCUT2D eigenvalue weighted by atomic mass is 79.9. The molecule has 0 heterocycles. The maximum absolute atomic E-state index is 6.04. The molecule has 0 saturated heterocycles. The van der Waals surface area contributed by atoms with Crippen LogP contribution in [0.25, 0.3) is 0 Å². The minimum atomic E-state index is -0.137. The summed E-state index contributed by atoms with van der Waals surface area (Å²) in [7, 11) is 1.59. The SMILES string of the molecule is COc1cc(C(NN)c2ccccc2Br)ccc1Cl. The molecule has 2 aromatic carbocycles. The third kappa shape index (κ3) is 3.09. The molecule has 0 aromatic heterocycles. The van der Waals surface area contributed by atoms with Gasteiger partial charge >= 0.3 is 0 Å².